The molecular weight excluding hydrogens is 440 g/mol. The molecule has 0 aromatic rings. The van der Waals surface area contributed by atoms with Crippen molar-refractivity contribution in [3.05, 3.63) is 11.6 Å². The number of hydrogen-bond donors (Lipinski definition) is 4. The minimum absolute atomic E-state index is 0.0535. The number of fused-ring (bicyclic) bond motifs is 7. The van der Waals surface area contributed by atoms with Gasteiger partial charge in [-0.15, -0.1) is 0 Å². The minimum Gasteiger partial charge on any atom is -0.481 e. The van der Waals surface area contributed by atoms with Gasteiger partial charge in [0.25, 0.3) is 0 Å². The lowest BCUT2D eigenvalue weighted by Crippen LogP contribution is -2.68. The fourth-order valence-corrected chi connectivity index (χ4v) is 11.0. The first kappa shape index (κ1) is 25.7. The van der Waals surface area contributed by atoms with Gasteiger partial charge in [-0.1, -0.05) is 53.2 Å². The maximum absolute atomic E-state index is 12.8. The molecule has 0 aromatic carbocycles. The van der Waals surface area contributed by atoms with Crippen LogP contribution in [0, 0.1) is 50.7 Å². The molecule has 4 fully saturated rings. The van der Waals surface area contributed by atoms with Gasteiger partial charge in [0.2, 0.25) is 0 Å². The lowest BCUT2D eigenvalue weighted by Gasteiger charge is -2.72. The van der Waals surface area contributed by atoms with Crippen LogP contribution in [0.5, 0.6) is 0 Å². The number of allylic oxidation sites excluding steroid dienone is 1. The Morgan fingerprint density at radius 1 is 0.943 bits per heavy atom. The number of carboxylic acids is 1. The quantitative estimate of drug-likeness (QED) is 0.382. The van der Waals surface area contributed by atoms with Gasteiger partial charge in [-0.25, -0.2) is 0 Å². The highest BCUT2D eigenvalue weighted by Crippen LogP contribution is 2.76. The van der Waals surface area contributed by atoms with Gasteiger partial charge < -0.3 is 20.4 Å². The molecule has 0 bridgehead atoms. The third kappa shape index (κ3) is 2.90. The van der Waals surface area contributed by atoms with Gasteiger partial charge in [0.1, 0.15) is 0 Å². The topological polar surface area (TPSA) is 98.0 Å². The number of aliphatic carboxylic acids is 1. The smallest absolute Gasteiger partial charge is 0.310 e. The van der Waals surface area contributed by atoms with Crippen LogP contribution in [0.2, 0.25) is 0 Å². The summed E-state index contributed by atoms with van der Waals surface area (Å²) in [6.45, 7) is 15.3. The zero-order valence-electron chi connectivity index (χ0n) is 22.9. The first-order valence-electron chi connectivity index (χ1n) is 14.0. The molecule has 0 radical (unpaired) electrons. The number of hydrogen-bond acceptors (Lipinski definition) is 4. The number of carboxylic acid groups (broad SMARTS) is 1. The average Bonchev–Trinajstić information content (AvgIpc) is 2.75. The summed E-state index contributed by atoms with van der Waals surface area (Å²) in [5.41, 5.74) is -1.46. The number of aliphatic hydroxyl groups is 3. The van der Waals surface area contributed by atoms with E-state index in [1.54, 1.807) is 0 Å². The Kier molecular flexibility index (Phi) is 5.40. The van der Waals surface area contributed by atoms with Crippen molar-refractivity contribution in [1.29, 1.82) is 0 Å². The van der Waals surface area contributed by atoms with Crippen LogP contribution < -0.4 is 0 Å². The number of aliphatic hydroxyl groups excluding tert-OH is 2. The van der Waals surface area contributed by atoms with Crippen molar-refractivity contribution in [2.24, 2.45) is 50.7 Å². The highest BCUT2D eigenvalue weighted by Gasteiger charge is 2.71. The van der Waals surface area contributed by atoms with E-state index in [4.69, 9.17) is 0 Å². The van der Waals surface area contributed by atoms with Crippen LogP contribution in [0.4, 0.5) is 0 Å². The molecule has 5 rings (SSSR count). The Bertz CT molecular complexity index is 952. The second-order valence-electron chi connectivity index (χ2n) is 14.9. The Labute approximate surface area is 211 Å². The molecule has 0 amide bonds. The largest absolute Gasteiger partial charge is 0.481 e. The Hall–Kier alpha value is -0.910. The molecule has 5 nitrogen and oxygen atoms in total. The van der Waals surface area contributed by atoms with E-state index in [0.29, 0.717) is 31.1 Å². The van der Waals surface area contributed by atoms with Gasteiger partial charge >= 0.3 is 5.97 Å². The summed E-state index contributed by atoms with van der Waals surface area (Å²) in [6.07, 6.45) is 7.21. The molecule has 5 aliphatic rings. The highest BCUT2D eigenvalue weighted by atomic mass is 16.4. The molecule has 11 atom stereocenters. The summed E-state index contributed by atoms with van der Waals surface area (Å²) in [7, 11) is 0. The van der Waals surface area contributed by atoms with Crippen LogP contribution in [-0.4, -0.2) is 44.2 Å². The predicted octanol–water partition coefficient (Wildman–Crippen LogP) is 5.18. The van der Waals surface area contributed by atoms with Gasteiger partial charge in [-0.05, 0) is 97.7 Å². The zero-order chi connectivity index (χ0) is 26.0. The van der Waals surface area contributed by atoms with Crippen molar-refractivity contribution in [3.63, 3.8) is 0 Å². The number of rotatable bonds is 1. The predicted molar refractivity (Wildman–Crippen MR) is 135 cm³/mol. The summed E-state index contributed by atoms with van der Waals surface area (Å²) in [4.78, 5) is 12.8. The van der Waals surface area contributed by atoms with Crippen LogP contribution in [0.3, 0.4) is 0 Å². The zero-order valence-corrected chi connectivity index (χ0v) is 22.9. The van der Waals surface area contributed by atoms with Gasteiger partial charge in [-0.3, -0.25) is 4.79 Å². The summed E-state index contributed by atoms with van der Waals surface area (Å²) in [5, 5.41) is 44.3. The molecule has 198 valence electrons. The maximum Gasteiger partial charge on any atom is 0.310 e. The molecule has 4 saturated carbocycles. The summed E-state index contributed by atoms with van der Waals surface area (Å²) < 4.78 is 0. The lowest BCUT2D eigenvalue weighted by molar-refractivity contribution is -0.237. The van der Waals surface area contributed by atoms with E-state index < -0.39 is 29.2 Å². The van der Waals surface area contributed by atoms with Gasteiger partial charge in [0.05, 0.1) is 23.2 Å². The average molecular weight is 489 g/mol. The standard InChI is InChI=1S/C30H48O5/c1-17-10-13-30(24(33)34)15-14-27(5)18(22(30)29(17,7)35)8-9-21-26(4)16-19(31)23(32)25(2,3)20(26)11-12-28(21,27)6/h8,17,19-23,31-32,35H,9-16H2,1-7H3,(H,33,34)/t17-,19-,20-,21+,22+,23-,26-,27-,28+,29+,30-/m1/s1. The molecule has 5 aliphatic carbocycles. The summed E-state index contributed by atoms with van der Waals surface area (Å²) in [5.74, 6) is -0.394. The van der Waals surface area contributed by atoms with Crippen LogP contribution >= 0.6 is 0 Å². The lowest BCUT2D eigenvalue weighted by atomic mass is 9.33. The van der Waals surface area contributed by atoms with Gasteiger partial charge in [0.15, 0.2) is 0 Å². The maximum atomic E-state index is 12.8. The summed E-state index contributed by atoms with van der Waals surface area (Å²) in [6, 6.07) is 0. The Morgan fingerprint density at radius 3 is 2.23 bits per heavy atom. The molecule has 35 heavy (non-hydrogen) atoms. The molecule has 0 unspecified atom stereocenters. The second-order valence-corrected chi connectivity index (χ2v) is 14.9. The summed E-state index contributed by atoms with van der Waals surface area (Å²) >= 11 is 0. The van der Waals surface area contributed by atoms with Crippen LogP contribution in [-0.2, 0) is 4.79 Å². The van der Waals surface area contributed by atoms with Crippen LogP contribution in [0.15, 0.2) is 11.6 Å². The van der Waals surface area contributed by atoms with E-state index in [-0.39, 0.29) is 33.5 Å². The van der Waals surface area contributed by atoms with Crippen molar-refractivity contribution in [1.82, 2.24) is 0 Å². The van der Waals surface area contributed by atoms with Gasteiger partial charge in [-0.2, -0.15) is 0 Å². The molecule has 4 N–H and O–H groups in total. The van der Waals surface area contributed by atoms with E-state index in [9.17, 15) is 25.2 Å². The molecule has 0 aromatic heterocycles. The second kappa shape index (κ2) is 7.35. The van der Waals surface area contributed by atoms with Crippen LogP contribution in [0.25, 0.3) is 0 Å². The van der Waals surface area contributed by atoms with E-state index in [1.807, 2.05) is 6.92 Å². The fourth-order valence-electron chi connectivity index (χ4n) is 11.0. The van der Waals surface area contributed by atoms with E-state index in [1.165, 1.54) is 5.57 Å². The normalized spacial score (nSPS) is 57.1. The fraction of sp³-hybridized carbons (Fsp3) is 0.900. The third-order valence-electron chi connectivity index (χ3n) is 13.4. The van der Waals surface area contributed by atoms with Crippen molar-refractivity contribution >= 4 is 5.97 Å². The first-order valence-corrected chi connectivity index (χ1v) is 14.0. The Morgan fingerprint density at radius 2 is 1.60 bits per heavy atom. The van der Waals surface area contributed by atoms with Crippen LogP contribution in [0.1, 0.15) is 99.8 Å². The first-order chi connectivity index (χ1) is 16.0. The van der Waals surface area contributed by atoms with Crippen molar-refractivity contribution < 1.29 is 25.2 Å². The van der Waals surface area contributed by atoms with E-state index in [2.05, 4.69) is 47.6 Å². The highest BCUT2D eigenvalue weighted by molar-refractivity contribution is 5.77. The number of carbonyl (C=O) groups is 1. The van der Waals surface area contributed by atoms with Gasteiger partial charge in [0, 0.05) is 5.92 Å². The van der Waals surface area contributed by atoms with E-state index >= 15 is 0 Å². The minimum atomic E-state index is -1.05. The molecule has 0 heterocycles. The SMILES string of the molecule is C[C@@H]1CC[C@@]2(C(=O)O)CC[C@]3(C)C(=CC[C@H]4[C@]5(C)C[C@@H](O)[C@@H](O)C(C)(C)[C@H]5CC[C@@]43C)[C@H]2[C@@]1(C)O. The van der Waals surface area contributed by atoms with Crippen molar-refractivity contribution in [2.75, 3.05) is 0 Å². The third-order valence-corrected chi connectivity index (χ3v) is 13.4. The van der Waals surface area contributed by atoms with Crippen molar-refractivity contribution in [3.8, 4) is 0 Å². The monoisotopic (exact) mass is 488 g/mol. The van der Waals surface area contributed by atoms with Crippen molar-refractivity contribution in [2.45, 2.75) is 118 Å². The molecule has 0 spiro atoms. The molecule has 5 heteroatoms. The van der Waals surface area contributed by atoms with E-state index in [0.717, 1.165) is 32.1 Å². The molecule has 0 aliphatic heterocycles. The molecular formula is C30H48O5. The molecule has 0 saturated heterocycles. The Balaban J connectivity index is 1.65.